The van der Waals surface area contributed by atoms with Gasteiger partial charge < -0.3 is 10.6 Å². The Kier molecular flexibility index (Phi) is 7.29. The van der Waals surface area contributed by atoms with Gasteiger partial charge >= 0.3 is 0 Å². The van der Waals surface area contributed by atoms with Crippen LogP contribution in [-0.4, -0.2) is 73.9 Å². The molecular weight excluding hydrogens is 280 g/mol. The lowest BCUT2D eigenvalue weighted by molar-refractivity contribution is 0.115. The van der Waals surface area contributed by atoms with Crippen molar-refractivity contribution in [3.63, 3.8) is 0 Å². The number of piperidine rings is 2. The van der Waals surface area contributed by atoms with Crippen molar-refractivity contribution in [1.82, 2.24) is 19.8 Å². The summed E-state index contributed by atoms with van der Waals surface area (Å²) in [7, 11) is 4.21. The van der Waals surface area contributed by atoms with Crippen LogP contribution in [0.4, 0.5) is 0 Å². The minimum Gasteiger partial charge on any atom is -0.316 e. The van der Waals surface area contributed by atoms with Crippen molar-refractivity contribution in [1.29, 1.82) is 0 Å². The Hall–Kier alpha value is 0.190. The third kappa shape index (κ3) is 5.10. The van der Waals surface area contributed by atoms with E-state index in [0.717, 1.165) is 5.92 Å². The van der Waals surface area contributed by atoms with Crippen LogP contribution in [0.5, 0.6) is 0 Å². The largest absolute Gasteiger partial charge is 0.316 e. The molecule has 2 N–H and O–H groups in total. The third-order valence-corrected chi connectivity index (χ3v) is 6.14. The summed E-state index contributed by atoms with van der Waals surface area (Å²) in [4.78, 5) is 2.71. The molecule has 5 heteroatoms. The van der Waals surface area contributed by atoms with Crippen LogP contribution in [0.3, 0.4) is 0 Å². The number of nitrogens with zero attached hydrogens (tertiary/aromatic N) is 2. The van der Waals surface area contributed by atoms with Gasteiger partial charge in [0.2, 0.25) is 0 Å². The molecule has 2 aliphatic rings. The van der Waals surface area contributed by atoms with Crippen molar-refractivity contribution in [2.75, 3.05) is 46.5 Å². The van der Waals surface area contributed by atoms with Crippen molar-refractivity contribution in [2.45, 2.75) is 50.7 Å². The zero-order valence-corrected chi connectivity index (χ0v) is 15.1. The van der Waals surface area contributed by atoms with E-state index in [9.17, 15) is 0 Å². The van der Waals surface area contributed by atoms with Crippen LogP contribution in [0.25, 0.3) is 0 Å². The van der Waals surface area contributed by atoms with Crippen LogP contribution in [0.15, 0.2) is 0 Å². The first-order valence-electron chi connectivity index (χ1n) is 8.53. The monoisotopic (exact) mass is 314 g/mol. The zero-order chi connectivity index (χ0) is 15.2. The average molecular weight is 315 g/mol. The van der Waals surface area contributed by atoms with E-state index in [0.29, 0.717) is 18.1 Å². The minimum atomic E-state index is 0.662. The predicted octanol–water partition coefficient (Wildman–Crippen LogP) is 1.64. The lowest BCUT2D eigenvalue weighted by Crippen LogP contribution is -2.50. The van der Waals surface area contributed by atoms with Crippen LogP contribution < -0.4 is 10.6 Å². The second kappa shape index (κ2) is 8.73. The maximum absolute atomic E-state index is 3.49. The number of likely N-dealkylation sites (N-methyl/N-ethyl adjacent to an activating group) is 2. The van der Waals surface area contributed by atoms with Crippen molar-refractivity contribution in [3.8, 4) is 0 Å². The molecule has 3 unspecified atom stereocenters. The number of hydrogen-bond donors (Lipinski definition) is 2. The molecule has 0 aliphatic carbocycles. The minimum absolute atomic E-state index is 0.662. The Morgan fingerprint density at radius 2 is 1.90 bits per heavy atom. The fraction of sp³-hybridized carbons (Fsp3) is 1.00. The van der Waals surface area contributed by atoms with Gasteiger partial charge in [-0.15, -0.1) is 0 Å². The molecule has 0 bridgehead atoms. The second-order valence-corrected chi connectivity index (χ2v) is 7.71. The van der Waals surface area contributed by atoms with Gasteiger partial charge in [0.05, 0.1) is 0 Å². The van der Waals surface area contributed by atoms with E-state index in [4.69, 9.17) is 0 Å². The zero-order valence-electron chi connectivity index (χ0n) is 14.3. The third-order valence-electron chi connectivity index (χ3n) is 5.33. The normalized spacial score (nSPS) is 34.0. The molecule has 0 saturated carbocycles. The summed E-state index contributed by atoms with van der Waals surface area (Å²) in [6.07, 6.45) is 7.56. The Morgan fingerprint density at radius 1 is 1.14 bits per heavy atom. The van der Waals surface area contributed by atoms with E-state index in [1.54, 1.807) is 0 Å². The number of rotatable bonds is 6. The molecule has 0 aromatic rings. The van der Waals surface area contributed by atoms with Gasteiger partial charge in [-0.3, -0.25) is 4.90 Å². The topological polar surface area (TPSA) is 30.5 Å². The highest BCUT2D eigenvalue weighted by atomic mass is 32.2. The fourth-order valence-corrected chi connectivity index (χ4v) is 4.65. The molecule has 2 rings (SSSR count). The molecule has 0 aromatic carbocycles. The van der Waals surface area contributed by atoms with Crippen LogP contribution in [0.2, 0.25) is 0 Å². The number of hydrogen-bond acceptors (Lipinski definition) is 5. The van der Waals surface area contributed by atoms with Gasteiger partial charge in [-0.2, -0.15) is 0 Å². The maximum atomic E-state index is 3.49. The van der Waals surface area contributed by atoms with Crippen LogP contribution in [-0.2, 0) is 0 Å². The Bertz CT molecular complexity index is 290. The average Bonchev–Trinajstić information content (AvgIpc) is 2.54. The lowest BCUT2D eigenvalue weighted by atomic mass is 9.89. The molecule has 2 saturated heterocycles. The van der Waals surface area contributed by atoms with Gasteiger partial charge in [0.15, 0.2) is 0 Å². The molecule has 2 heterocycles. The van der Waals surface area contributed by atoms with Crippen molar-refractivity contribution < 1.29 is 0 Å². The SMILES string of the molecule is CNC1CCCN(C(C)CC2C[C@@H](NC)CN(SC)C2)C1. The van der Waals surface area contributed by atoms with Crippen molar-refractivity contribution in [2.24, 2.45) is 5.92 Å². The molecule has 2 aliphatic heterocycles. The summed E-state index contributed by atoms with van der Waals surface area (Å²) in [6.45, 7) is 7.39. The first-order chi connectivity index (χ1) is 10.2. The highest BCUT2D eigenvalue weighted by Crippen LogP contribution is 2.27. The highest BCUT2D eigenvalue weighted by Gasteiger charge is 2.29. The molecule has 0 radical (unpaired) electrons. The molecule has 4 atom stereocenters. The van der Waals surface area contributed by atoms with Crippen LogP contribution in [0.1, 0.15) is 32.6 Å². The Morgan fingerprint density at radius 3 is 2.57 bits per heavy atom. The molecule has 0 spiro atoms. The Labute approximate surface area is 135 Å². The summed E-state index contributed by atoms with van der Waals surface area (Å²) in [6, 6.07) is 2.07. The quantitative estimate of drug-likeness (QED) is 0.728. The number of likely N-dealkylation sites (tertiary alicyclic amines) is 1. The van der Waals surface area contributed by atoms with Crippen LogP contribution >= 0.6 is 11.9 Å². The Balaban J connectivity index is 1.84. The highest BCUT2D eigenvalue weighted by molar-refractivity contribution is 7.96. The summed E-state index contributed by atoms with van der Waals surface area (Å²) in [5.41, 5.74) is 0. The van der Waals surface area contributed by atoms with E-state index in [2.05, 4.69) is 47.1 Å². The van der Waals surface area contributed by atoms with Gasteiger partial charge in [0, 0.05) is 37.8 Å². The van der Waals surface area contributed by atoms with Crippen molar-refractivity contribution >= 4 is 11.9 Å². The van der Waals surface area contributed by atoms with E-state index in [1.165, 1.54) is 51.9 Å². The fourth-order valence-electron chi connectivity index (χ4n) is 3.96. The maximum Gasteiger partial charge on any atom is 0.0244 e. The van der Waals surface area contributed by atoms with E-state index >= 15 is 0 Å². The van der Waals surface area contributed by atoms with Gasteiger partial charge in [0.25, 0.3) is 0 Å². The predicted molar refractivity (Wildman–Crippen MR) is 93.8 cm³/mol. The van der Waals surface area contributed by atoms with Gasteiger partial charge in [-0.25, -0.2) is 4.31 Å². The van der Waals surface area contributed by atoms with Gasteiger partial charge in [0.1, 0.15) is 0 Å². The summed E-state index contributed by atoms with van der Waals surface area (Å²) >= 11 is 1.91. The number of nitrogens with one attached hydrogen (secondary N) is 2. The standard InChI is InChI=1S/C16H34N4S/c1-13(19-7-5-6-15(11-19)17-2)8-14-9-16(18-3)12-20(10-14)21-4/h13-18H,5-12H2,1-4H3/t13?,14?,15?,16-/m1/s1. The van der Waals surface area contributed by atoms with Gasteiger partial charge in [-0.1, -0.05) is 11.9 Å². The molecule has 0 amide bonds. The molecule has 124 valence electrons. The molecule has 0 aromatic heterocycles. The molecule has 21 heavy (non-hydrogen) atoms. The first kappa shape index (κ1) is 17.5. The van der Waals surface area contributed by atoms with E-state index in [1.807, 2.05) is 11.9 Å². The van der Waals surface area contributed by atoms with Gasteiger partial charge in [-0.05, 0) is 65.4 Å². The van der Waals surface area contributed by atoms with Crippen molar-refractivity contribution in [3.05, 3.63) is 0 Å². The molecule has 2 fully saturated rings. The van der Waals surface area contributed by atoms with Crippen LogP contribution in [0, 0.1) is 5.92 Å². The second-order valence-electron chi connectivity index (χ2n) is 6.82. The lowest BCUT2D eigenvalue weighted by Gasteiger charge is -2.41. The molecule has 4 nitrogen and oxygen atoms in total. The van der Waals surface area contributed by atoms with E-state index in [-0.39, 0.29) is 0 Å². The summed E-state index contributed by atoms with van der Waals surface area (Å²) in [5.74, 6) is 0.827. The smallest absolute Gasteiger partial charge is 0.0244 e. The molecular formula is C16H34N4S. The summed E-state index contributed by atoms with van der Waals surface area (Å²) in [5, 5.41) is 6.95. The summed E-state index contributed by atoms with van der Waals surface area (Å²) < 4.78 is 2.54. The first-order valence-corrected chi connectivity index (χ1v) is 9.72. The van der Waals surface area contributed by atoms with E-state index < -0.39 is 0 Å².